The average molecular weight is 477 g/mol. The molecule has 0 N–H and O–H groups in total. The normalized spacial score (nSPS) is 16.6. The first-order chi connectivity index (χ1) is 14.6. The second-order valence-electron chi connectivity index (χ2n) is 7.88. The molecule has 1 aromatic carbocycles. The van der Waals surface area contributed by atoms with Gasteiger partial charge < -0.3 is 4.90 Å². The van der Waals surface area contributed by atoms with Crippen molar-refractivity contribution in [3.63, 3.8) is 0 Å². The molecule has 8 nitrogen and oxygen atoms in total. The molecule has 0 radical (unpaired) electrons. The van der Waals surface area contributed by atoms with E-state index in [1.165, 1.54) is 17.4 Å². The molecule has 170 valence electrons. The zero-order valence-corrected chi connectivity index (χ0v) is 19.1. The van der Waals surface area contributed by atoms with E-state index in [4.69, 9.17) is 0 Å². The Kier molecular flexibility index (Phi) is 6.96. The van der Waals surface area contributed by atoms with Crippen molar-refractivity contribution in [3.05, 3.63) is 22.7 Å². The number of rotatable bonds is 6. The van der Waals surface area contributed by atoms with Gasteiger partial charge in [-0.2, -0.15) is 13.1 Å². The topological polar surface area (TPSA) is 92.4 Å². The van der Waals surface area contributed by atoms with Crippen molar-refractivity contribution in [2.75, 3.05) is 18.0 Å². The van der Waals surface area contributed by atoms with E-state index in [0.29, 0.717) is 18.5 Å². The smallest absolute Gasteiger partial charge is 0.345 e. The quantitative estimate of drug-likeness (QED) is 0.466. The van der Waals surface area contributed by atoms with Gasteiger partial charge in [0.1, 0.15) is 16.4 Å². The van der Waals surface area contributed by atoms with Gasteiger partial charge in [-0.25, -0.2) is 4.21 Å². The number of nitrogens with zero attached hydrogens (tertiary/aromatic N) is 6. The third kappa shape index (κ3) is 5.04. The van der Waals surface area contributed by atoms with Gasteiger partial charge in [0.15, 0.2) is 0 Å². The van der Waals surface area contributed by atoms with Gasteiger partial charge in [0.2, 0.25) is 0 Å². The van der Waals surface area contributed by atoms with Crippen molar-refractivity contribution >= 4 is 43.5 Å². The highest BCUT2D eigenvalue weighted by Crippen LogP contribution is 2.43. The molecule has 1 aromatic heterocycles. The Hall–Kier alpha value is -2.12. The SMILES string of the molecule is CCN1CCCc2c1ccc(N=Nc1nnc(C(C)(C)C)s1)c2N=S(=O)(OF)C(F)F. The van der Waals surface area contributed by atoms with E-state index in [2.05, 4.69) is 29.2 Å². The molecule has 0 aliphatic carbocycles. The lowest BCUT2D eigenvalue weighted by molar-refractivity contribution is -0.000953. The van der Waals surface area contributed by atoms with Crippen LogP contribution in [0.15, 0.2) is 26.7 Å². The molecule has 13 heteroatoms. The van der Waals surface area contributed by atoms with Crippen LogP contribution in [0, 0.1) is 0 Å². The third-order valence-corrected chi connectivity index (χ3v) is 6.95. The molecule has 0 bridgehead atoms. The minimum Gasteiger partial charge on any atom is -0.372 e. The lowest BCUT2D eigenvalue weighted by Gasteiger charge is -2.31. The van der Waals surface area contributed by atoms with Crippen LogP contribution in [0.4, 0.5) is 35.5 Å². The van der Waals surface area contributed by atoms with Crippen LogP contribution < -0.4 is 4.90 Å². The zero-order valence-electron chi connectivity index (χ0n) is 17.5. The first kappa shape index (κ1) is 23.5. The third-order valence-electron chi connectivity index (χ3n) is 4.65. The minimum atomic E-state index is -4.90. The Bertz CT molecular complexity index is 1090. The Morgan fingerprint density at radius 3 is 2.61 bits per heavy atom. The molecule has 3 rings (SSSR count). The first-order valence-electron chi connectivity index (χ1n) is 9.60. The van der Waals surface area contributed by atoms with Crippen LogP contribution in [-0.2, 0) is 26.2 Å². The summed E-state index contributed by atoms with van der Waals surface area (Å²) in [6.45, 7) is 9.34. The number of halogens is 3. The molecule has 0 saturated heterocycles. The Morgan fingerprint density at radius 2 is 2.03 bits per heavy atom. The molecular formula is C18H23F3N6O2S2. The van der Waals surface area contributed by atoms with E-state index in [0.717, 1.165) is 23.7 Å². The molecule has 0 amide bonds. The zero-order chi connectivity index (χ0) is 22.8. The van der Waals surface area contributed by atoms with Gasteiger partial charge in [0, 0.05) is 29.8 Å². The molecule has 1 unspecified atom stereocenters. The Labute approximate surface area is 182 Å². The number of hydrogen-bond donors (Lipinski definition) is 0. The number of azo groups is 1. The van der Waals surface area contributed by atoms with Gasteiger partial charge in [0.25, 0.3) is 15.1 Å². The monoisotopic (exact) mass is 476 g/mol. The highest BCUT2D eigenvalue weighted by molar-refractivity contribution is 7.89. The molecule has 2 aromatic rings. The lowest BCUT2D eigenvalue weighted by atomic mass is 9.98. The van der Waals surface area contributed by atoms with Crippen molar-refractivity contribution in [2.24, 2.45) is 14.6 Å². The molecule has 1 aliphatic rings. The van der Waals surface area contributed by atoms with E-state index in [1.54, 1.807) is 6.07 Å². The molecule has 1 aliphatic heterocycles. The summed E-state index contributed by atoms with van der Waals surface area (Å²) in [5, 5.41) is 17.2. The van der Waals surface area contributed by atoms with Crippen LogP contribution in [-0.4, -0.2) is 33.3 Å². The van der Waals surface area contributed by atoms with Gasteiger partial charge in [-0.3, -0.25) is 0 Å². The number of anilines is 1. The second kappa shape index (κ2) is 9.17. The fourth-order valence-corrected chi connectivity index (χ4v) is 4.44. The predicted molar refractivity (Wildman–Crippen MR) is 114 cm³/mol. The summed E-state index contributed by atoms with van der Waals surface area (Å²) in [4.78, 5) is 2.03. The molecule has 31 heavy (non-hydrogen) atoms. The van der Waals surface area contributed by atoms with Gasteiger partial charge in [-0.15, -0.1) is 20.4 Å². The maximum atomic E-state index is 13.2. The summed E-state index contributed by atoms with van der Waals surface area (Å²) in [5.74, 6) is -3.64. The highest BCUT2D eigenvalue weighted by atomic mass is 32.2. The average Bonchev–Trinajstić information content (AvgIpc) is 3.22. The van der Waals surface area contributed by atoms with E-state index in [-0.39, 0.29) is 21.9 Å². The number of fused-ring (bicyclic) bond motifs is 1. The maximum absolute atomic E-state index is 13.2. The van der Waals surface area contributed by atoms with Crippen LogP contribution in [0.1, 0.15) is 44.7 Å². The fraction of sp³-hybridized carbons (Fsp3) is 0.556. The Balaban J connectivity index is 2.13. The number of hydrogen-bond acceptors (Lipinski definition) is 9. The van der Waals surface area contributed by atoms with Crippen molar-refractivity contribution in [1.29, 1.82) is 0 Å². The number of benzene rings is 1. The van der Waals surface area contributed by atoms with Crippen LogP contribution in [0.25, 0.3) is 0 Å². The fourth-order valence-electron chi connectivity index (χ4n) is 3.10. The van der Waals surface area contributed by atoms with E-state index < -0.39 is 15.8 Å². The van der Waals surface area contributed by atoms with Crippen molar-refractivity contribution < 1.29 is 21.9 Å². The van der Waals surface area contributed by atoms with Gasteiger partial charge in [-0.05, 0) is 36.4 Å². The molecular weight excluding hydrogens is 453 g/mol. The molecule has 0 fully saturated rings. The largest absolute Gasteiger partial charge is 0.372 e. The highest BCUT2D eigenvalue weighted by Gasteiger charge is 2.28. The minimum absolute atomic E-state index is 0.0645. The van der Waals surface area contributed by atoms with Crippen molar-refractivity contribution in [1.82, 2.24) is 10.2 Å². The molecule has 1 atom stereocenters. The number of aromatic nitrogens is 2. The molecule has 0 saturated carbocycles. The summed E-state index contributed by atoms with van der Waals surface area (Å²) < 4.78 is 58.1. The summed E-state index contributed by atoms with van der Waals surface area (Å²) >= 11 is 1.24. The van der Waals surface area contributed by atoms with Crippen molar-refractivity contribution in [3.8, 4) is 0 Å². The standard InChI is InChI=1S/C18H23F3N6O2S2/c1-5-27-10-6-7-11-13(27)9-8-12(14(11)26-31(28,29-21)16(19)20)22-24-17-25-23-15(30-17)18(2,3)4/h8-9,16H,5-7,10H2,1-4H3. The summed E-state index contributed by atoms with van der Waals surface area (Å²) in [6, 6.07) is 3.29. The number of alkyl halides is 2. The van der Waals surface area contributed by atoms with Crippen LogP contribution in [0.3, 0.4) is 0 Å². The summed E-state index contributed by atoms with van der Waals surface area (Å²) in [5.41, 5.74) is 1.01. The summed E-state index contributed by atoms with van der Waals surface area (Å²) in [6.07, 6.45) is 1.20. The second-order valence-corrected chi connectivity index (χ2v) is 10.5. The summed E-state index contributed by atoms with van der Waals surface area (Å²) in [7, 11) is -4.90. The van der Waals surface area contributed by atoms with E-state index in [1.807, 2.05) is 32.6 Å². The Morgan fingerprint density at radius 1 is 1.29 bits per heavy atom. The van der Waals surface area contributed by atoms with Gasteiger partial charge in [0.05, 0.1) is 0 Å². The van der Waals surface area contributed by atoms with Crippen LogP contribution in [0.5, 0.6) is 0 Å². The van der Waals surface area contributed by atoms with Crippen molar-refractivity contribution in [2.45, 2.75) is 51.7 Å². The first-order valence-corrected chi connectivity index (χ1v) is 11.9. The van der Waals surface area contributed by atoms with Crippen LogP contribution in [0.2, 0.25) is 0 Å². The maximum Gasteiger partial charge on any atom is 0.345 e. The van der Waals surface area contributed by atoms with E-state index in [9.17, 15) is 17.5 Å². The van der Waals surface area contributed by atoms with E-state index >= 15 is 0 Å². The van der Waals surface area contributed by atoms with Crippen LogP contribution >= 0.6 is 11.3 Å². The molecule has 0 spiro atoms. The van der Waals surface area contributed by atoms with Gasteiger partial charge in [-0.1, -0.05) is 36.5 Å². The lowest BCUT2D eigenvalue weighted by Crippen LogP contribution is -2.28. The predicted octanol–water partition coefficient (Wildman–Crippen LogP) is 6.16. The van der Waals surface area contributed by atoms with Gasteiger partial charge >= 0.3 is 5.76 Å². The molecule has 2 heterocycles.